The van der Waals surface area contributed by atoms with E-state index in [9.17, 15) is 0 Å². The van der Waals surface area contributed by atoms with E-state index in [4.69, 9.17) is 9.47 Å². The molecule has 2 nitrogen and oxygen atoms in total. The Hall–Kier alpha value is -0.760. The van der Waals surface area contributed by atoms with Gasteiger partial charge in [-0.15, -0.1) is 0 Å². The summed E-state index contributed by atoms with van der Waals surface area (Å²) in [5, 5.41) is 0. The van der Waals surface area contributed by atoms with Crippen LogP contribution < -0.4 is 0 Å². The van der Waals surface area contributed by atoms with Gasteiger partial charge in [0.2, 0.25) is 0 Å². The van der Waals surface area contributed by atoms with Crippen molar-refractivity contribution < 1.29 is 9.47 Å². The maximum Gasteiger partial charge on any atom is 0.120 e. The first-order chi connectivity index (χ1) is 4.77. The summed E-state index contributed by atoms with van der Waals surface area (Å²) in [7, 11) is 3.35. The fourth-order valence-electron chi connectivity index (χ4n) is 1.02. The normalized spacial score (nSPS) is 24.1. The van der Waals surface area contributed by atoms with Gasteiger partial charge in [0.1, 0.15) is 5.76 Å². The highest BCUT2D eigenvalue weighted by molar-refractivity contribution is 5.34. The van der Waals surface area contributed by atoms with Gasteiger partial charge in [0.25, 0.3) is 0 Å². The van der Waals surface area contributed by atoms with Crippen molar-refractivity contribution in [3.8, 4) is 0 Å². The van der Waals surface area contributed by atoms with E-state index in [0.29, 0.717) is 0 Å². The van der Waals surface area contributed by atoms with E-state index in [0.717, 1.165) is 11.3 Å². The maximum absolute atomic E-state index is 5.08. The second-order valence-electron chi connectivity index (χ2n) is 2.29. The lowest BCUT2D eigenvalue weighted by Gasteiger charge is -1.99. The van der Waals surface area contributed by atoms with Crippen LogP contribution in [0, 0.1) is 0 Å². The number of allylic oxidation sites excluding steroid dienone is 1. The molecule has 0 radical (unpaired) electrons. The molecule has 0 aliphatic heterocycles. The Morgan fingerprint density at radius 3 is 2.30 bits per heavy atom. The molecule has 1 aliphatic rings. The van der Waals surface area contributed by atoms with Crippen LogP contribution in [-0.2, 0) is 9.47 Å². The van der Waals surface area contributed by atoms with Gasteiger partial charge in [-0.3, -0.25) is 0 Å². The Balaban J connectivity index is 2.69. The largest absolute Gasteiger partial charge is 0.497 e. The van der Waals surface area contributed by atoms with Crippen molar-refractivity contribution in [3.05, 3.63) is 23.5 Å². The third-order valence-electron chi connectivity index (χ3n) is 1.61. The van der Waals surface area contributed by atoms with Gasteiger partial charge in [-0.05, 0) is 24.6 Å². The summed E-state index contributed by atoms with van der Waals surface area (Å²) in [5.74, 6) is 0.923. The van der Waals surface area contributed by atoms with Gasteiger partial charge >= 0.3 is 0 Å². The van der Waals surface area contributed by atoms with Gasteiger partial charge < -0.3 is 9.47 Å². The van der Waals surface area contributed by atoms with Gasteiger partial charge in [-0.25, -0.2) is 0 Å². The average molecular weight is 140 g/mol. The Morgan fingerprint density at radius 2 is 2.00 bits per heavy atom. The van der Waals surface area contributed by atoms with Gasteiger partial charge in [0.05, 0.1) is 13.2 Å². The number of methoxy groups -OCH3 is 2. The fourth-order valence-corrected chi connectivity index (χ4v) is 1.02. The van der Waals surface area contributed by atoms with E-state index >= 15 is 0 Å². The van der Waals surface area contributed by atoms with E-state index in [1.165, 1.54) is 0 Å². The van der Waals surface area contributed by atoms with Crippen molar-refractivity contribution in [3.63, 3.8) is 0 Å². The molecule has 0 fully saturated rings. The summed E-state index contributed by atoms with van der Waals surface area (Å²) in [6.07, 6.45) is 4.09. The highest BCUT2D eigenvalue weighted by atomic mass is 16.5. The molecule has 0 saturated carbocycles. The van der Waals surface area contributed by atoms with Crippen molar-refractivity contribution in [2.45, 2.75) is 13.0 Å². The van der Waals surface area contributed by atoms with E-state index in [1.807, 2.05) is 19.1 Å². The fraction of sp³-hybridized carbons (Fsp3) is 0.500. The average Bonchev–Trinajstić information content (AvgIpc) is 2.30. The minimum atomic E-state index is 0.106. The molecule has 0 N–H and O–H groups in total. The van der Waals surface area contributed by atoms with Gasteiger partial charge in [-0.2, -0.15) is 0 Å². The molecule has 0 spiro atoms. The molecule has 1 aliphatic carbocycles. The zero-order valence-electron chi connectivity index (χ0n) is 6.55. The van der Waals surface area contributed by atoms with Crippen LogP contribution in [0.1, 0.15) is 6.92 Å². The third-order valence-corrected chi connectivity index (χ3v) is 1.61. The highest BCUT2D eigenvalue weighted by Crippen LogP contribution is 2.20. The zero-order valence-corrected chi connectivity index (χ0v) is 6.55. The van der Waals surface area contributed by atoms with Crippen molar-refractivity contribution in [2.75, 3.05) is 14.2 Å². The summed E-state index contributed by atoms with van der Waals surface area (Å²) in [6, 6.07) is 0. The first kappa shape index (κ1) is 7.35. The van der Waals surface area contributed by atoms with Crippen LogP contribution in [0.15, 0.2) is 23.5 Å². The number of rotatable bonds is 2. The monoisotopic (exact) mass is 140 g/mol. The Labute approximate surface area is 61.1 Å². The minimum absolute atomic E-state index is 0.106. The lowest BCUT2D eigenvalue weighted by Crippen LogP contribution is -1.98. The molecule has 0 aromatic carbocycles. The molecule has 2 heteroatoms. The van der Waals surface area contributed by atoms with Crippen LogP contribution in [0.2, 0.25) is 0 Å². The summed E-state index contributed by atoms with van der Waals surface area (Å²) >= 11 is 0. The van der Waals surface area contributed by atoms with E-state index in [2.05, 4.69) is 0 Å². The summed E-state index contributed by atoms with van der Waals surface area (Å²) in [4.78, 5) is 0. The first-order valence-corrected chi connectivity index (χ1v) is 3.25. The molecule has 0 aromatic heterocycles. The van der Waals surface area contributed by atoms with Gasteiger partial charge in [0.15, 0.2) is 0 Å². The third kappa shape index (κ3) is 1.21. The van der Waals surface area contributed by atoms with Crippen LogP contribution >= 0.6 is 0 Å². The molecule has 0 saturated heterocycles. The SMILES string of the molecule is COC1=CC(OC)C=C1C. The van der Waals surface area contributed by atoms with Crippen molar-refractivity contribution >= 4 is 0 Å². The van der Waals surface area contributed by atoms with E-state index in [-0.39, 0.29) is 6.10 Å². The molecular weight excluding hydrogens is 128 g/mol. The number of ether oxygens (including phenoxy) is 2. The second-order valence-corrected chi connectivity index (χ2v) is 2.29. The predicted molar refractivity (Wildman–Crippen MR) is 39.6 cm³/mol. The molecule has 1 atom stereocenters. The van der Waals surface area contributed by atoms with Gasteiger partial charge in [-0.1, -0.05) is 0 Å². The maximum atomic E-state index is 5.08. The molecule has 10 heavy (non-hydrogen) atoms. The number of hydrogen-bond donors (Lipinski definition) is 0. The predicted octanol–water partition coefficient (Wildman–Crippen LogP) is 1.49. The molecule has 56 valence electrons. The van der Waals surface area contributed by atoms with Crippen LogP contribution in [-0.4, -0.2) is 20.3 Å². The molecule has 0 amide bonds. The van der Waals surface area contributed by atoms with Crippen LogP contribution in [0.5, 0.6) is 0 Å². The molecule has 1 rings (SSSR count). The Bertz CT molecular complexity index is 180. The van der Waals surface area contributed by atoms with Gasteiger partial charge in [0, 0.05) is 7.11 Å². The lowest BCUT2D eigenvalue weighted by molar-refractivity contribution is 0.177. The highest BCUT2D eigenvalue weighted by Gasteiger charge is 2.13. The molecule has 0 bridgehead atoms. The minimum Gasteiger partial charge on any atom is -0.497 e. The van der Waals surface area contributed by atoms with E-state index in [1.54, 1.807) is 14.2 Å². The standard InChI is InChI=1S/C8H12O2/c1-6-4-7(9-2)5-8(6)10-3/h4-5,7H,1-3H3. The quantitative estimate of drug-likeness (QED) is 0.578. The number of hydrogen-bond acceptors (Lipinski definition) is 2. The topological polar surface area (TPSA) is 18.5 Å². The summed E-state index contributed by atoms with van der Waals surface area (Å²) < 4.78 is 10.1. The van der Waals surface area contributed by atoms with Crippen LogP contribution in [0.3, 0.4) is 0 Å². The van der Waals surface area contributed by atoms with Crippen molar-refractivity contribution in [1.29, 1.82) is 0 Å². The second kappa shape index (κ2) is 2.88. The van der Waals surface area contributed by atoms with Crippen LogP contribution in [0.4, 0.5) is 0 Å². The first-order valence-electron chi connectivity index (χ1n) is 3.25. The summed E-state index contributed by atoms with van der Waals surface area (Å²) in [5.41, 5.74) is 1.15. The molecule has 0 heterocycles. The lowest BCUT2D eigenvalue weighted by atomic mass is 10.3. The molecule has 0 aromatic rings. The molecule has 1 unspecified atom stereocenters. The Morgan fingerprint density at radius 1 is 1.30 bits per heavy atom. The van der Waals surface area contributed by atoms with Crippen LogP contribution in [0.25, 0.3) is 0 Å². The zero-order chi connectivity index (χ0) is 7.56. The van der Waals surface area contributed by atoms with Crippen molar-refractivity contribution in [2.24, 2.45) is 0 Å². The smallest absolute Gasteiger partial charge is 0.120 e. The Kier molecular flexibility index (Phi) is 2.12. The van der Waals surface area contributed by atoms with E-state index < -0.39 is 0 Å². The molecular formula is C8H12O2. The van der Waals surface area contributed by atoms with Crippen molar-refractivity contribution in [1.82, 2.24) is 0 Å². The summed E-state index contributed by atoms with van der Waals surface area (Å²) in [6.45, 7) is 2.01.